The Morgan fingerprint density at radius 2 is 2.00 bits per heavy atom. The van der Waals surface area contributed by atoms with Crippen LogP contribution in [-0.4, -0.2) is 50.4 Å². The molecule has 1 amide bonds. The van der Waals surface area contributed by atoms with Crippen molar-refractivity contribution in [2.75, 3.05) is 38.8 Å². The zero-order chi connectivity index (χ0) is 19.3. The monoisotopic (exact) mass is 382 g/mol. The first kappa shape index (κ1) is 18.8. The number of hydrogen-bond acceptors (Lipinski definition) is 5. The summed E-state index contributed by atoms with van der Waals surface area (Å²) < 4.78 is 17.0. The Bertz CT molecular complexity index is 820. The van der Waals surface area contributed by atoms with Gasteiger partial charge in [0.2, 0.25) is 0 Å². The number of anilines is 1. The van der Waals surface area contributed by atoms with Gasteiger partial charge in [0.1, 0.15) is 18.5 Å². The summed E-state index contributed by atoms with van der Waals surface area (Å²) in [6.07, 6.45) is 1.92. The molecule has 28 heavy (non-hydrogen) atoms. The molecule has 2 unspecified atom stereocenters. The van der Waals surface area contributed by atoms with Crippen LogP contribution in [0.1, 0.15) is 34.9 Å². The highest BCUT2D eigenvalue weighted by Crippen LogP contribution is 2.36. The van der Waals surface area contributed by atoms with E-state index < -0.39 is 0 Å². The van der Waals surface area contributed by atoms with Crippen LogP contribution in [-0.2, 0) is 9.47 Å². The Morgan fingerprint density at radius 1 is 1.18 bits per heavy atom. The number of nitrogens with one attached hydrogen (secondary N) is 1. The van der Waals surface area contributed by atoms with Crippen LogP contribution in [0, 0.1) is 0 Å². The van der Waals surface area contributed by atoms with Crippen LogP contribution in [0.2, 0.25) is 0 Å². The molecule has 6 nitrogen and oxygen atoms in total. The zero-order valence-electron chi connectivity index (χ0n) is 16.1. The van der Waals surface area contributed by atoms with E-state index in [4.69, 9.17) is 14.2 Å². The third kappa shape index (κ3) is 3.84. The Balaban J connectivity index is 1.63. The van der Waals surface area contributed by atoms with Crippen molar-refractivity contribution < 1.29 is 19.0 Å². The molecule has 0 spiro atoms. The summed E-state index contributed by atoms with van der Waals surface area (Å²) in [5.41, 5.74) is 2.44. The highest BCUT2D eigenvalue weighted by atomic mass is 16.5. The van der Waals surface area contributed by atoms with Gasteiger partial charge >= 0.3 is 0 Å². The van der Waals surface area contributed by atoms with Crippen LogP contribution in [0.4, 0.5) is 5.69 Å². The van der Waals surface area contributed by atoms with Gasteiger partial charge in [-0.15, -0.1) is 0 Å². The molecule has 2 aromatic rings. The number of carbonyl (C=O) groups is 1. The van der Waals surface area contributed by atoms with Gasteiger partial charge in [0, 0.05) is 31.5 Å². The third-order valence-corrected chi connectivity index (χ3v) is 5.22. The SMILES string of the molecule is COCCN1C(=O)c2ccccc2NC1c1ccccc1OCC1CCCO1. The molecule has 2 aliphatic rings. The molecule has 6 heteroatoms. The fourth-order valence-corrected chi connectivity index (χ4v) is 3.75. The van der Waals surface area contributed by atoms with Crippen LogP contribution in [0.15, 0.2) is 48.5 Å². The van der Waals surface area contributed by atoms with Gasteiger partial charge in [-0.1, -0.05) is 30.3 Å². The molecule has 2 heterocycles. The molecule has 148 valence electrons. The van der Waals surface area contributed by atoms with Crippen molar-refractivity contribution in [2.45, 2.75) is 25.1 Å². The molecule has 2 atom stereocenters. The molecule has 1 fully saturated rings. The molecule has 4 rings (SSSR count). The van der Waals surface area contributed by atoms with E-state index in [-0.39, 0.29) is 18.2 Å². The first-order chi connectivity index (χ1) is 13.8. The number of fused-ring (bicyclic) bond motifs is 1. The number of rotatable bonds is 7. The maximum atomic E-state index is 13.2. The third-order valence-electron chi connectivity index (χ3n) is 5.22. The van der Waals surface area contributed by atoms with Crippen LogP contribution in [0.25, 0.3) is 0 Å². The van der Waals surface area contributed by atoms with E-state index in [0.717, 1.165) is 36.4 Å². The average molecular weight is 382 g/mol. The second-order valence-corrected chi connectivity index (χ2v) is 7.07. The summed E-state index contributed by atoms with van der Waals surface area (Å²) >= 11 is 0. The standard InChI is InChI=1S/C22H26N2O4/c1-26-14-12-24-21(23-19-10-4-2-8-17(19)22(24)25)18-9-3-5-11-20(18)28-15-16-7-6-13-27-16/h2-5,8-11,16,21,23H,6-7,12-15H2,1H3. The van der Waals surface area contributed by atoms with Crippen molar-refractivity contribution in [1.29, 1.82) is 0 Å². The minimum absolute atomic E-state index is 0.00895. The fourth-order valence-electron chi connectivity index (χ4n) is 3.75. The molecule has 2 aromatic carbocycles. The number of carbonyl (C=O) groups excluding carboxylic acids is 1. The summed E-state index contributed by atoms with van der Waals surface area (Å²) in [5.74, 6) is 0.760. The molecule has 2 aliphatic heterocycles. The number of benzene rings is 2. The summed E-state index contributed by atoms with van der Waals surface area (Å²) in [6.45, 7) is 2.27. The van der Waals surface area contributed by atoms with Crippen molar-refractivity contribution in [3.05, 3.63) is 59.7 Å². The highest BCUT2D eigenvalue weighted by molar-refractivity contribution is 6.01. The topological polar surface area (TPSA) is 60.0 Å². The summed E-state index contributed by atoms with van der Waals surface area (Å²) in [5, 5.41) is 3.51. The minimum atomic E-state index is -0.321. The molecule has 0 saturated carbocycles. The first-order valence-electron chi connectivity index (χ1n) is 9.76. The molecule has 0 radical (unpaired) electrons. The number of methoxy groups -OCH3 is 1. The number of ether oxygens (including phenoxy) is 3. The van der Waals surface area contributed by atoms with Crippen molar-refractivity contribution in [3.8, 4) is 5.75 Å². The Hall–Kier alpha value is -2.57. The molecule has 0 bridgehead atoms. The molecular formula is C22H26N2O4. The molecule has 0 aromatic heterocycles. The second kappa shape index (κ2) is 8.63. The van der Waals surface area contributed by atoms with Gasteiger partial charge in [-0.05, 0) is 31.0 Å². The van der Waals surface area contributed by atoms with Crippen molar-refractivity contribution in [2.24, 2.45) is 0 Å². The van der Waals surface area contributed by atoms with Crippen LogP contribution in [0.5, 0.6) is 5.75 Å². The van der Waals surface area contributed by atoms with Gasteiger partial charge in [-0.2, -0.15) is 0 Å². The van der Waals surface area contributed by atoms with Crippen molar-refractivity contribution in [1.82, 2.24) is 4.90 Å². The second-order valence-electron chi connectivity index (χ2n) is 7.07. The maximum absolute atomic E-state index is 13.2. The van der Waals surface area contributed by atoms with Gasteiger partial charge in [-0.3, -0.25) is 4.79 Å². The van der Waals surface area contributed by atoms with E-state index in [1.807, 2.05) is 48.5 Å². The lowest BCUT2D eigenvalue weighted by atomic mass is 10.0. The number of hydrogen-bond donors (Lipinski definition) is 1. The Kier molecular flexibility index (Phi) is 5.78. The largest absolute Gasteiger partial charge is 0.490 e. The highest BCUT2D eigenvalue weighted by Gasteiger charge is 2.34. The Labute approximate surface area is 165 Å². The zero-order valence-corrected chi connectivity index (χ0v) is 16.1. The Morgan fingerprint density at radius 3 is 2.82 bits per heavy atom. The van der Waals surface area contributed by atoms with Gasteiger partial charge in [-0.25, -0.2) is 0 Å². The van der Waals surface area contributed by atoms with Gasteiger partial charge < -0.3 is 24.4 Å². The van der Waals surface area contributed by atoms with Crippen molar-refractivity contribution >= 4 is 11.6 Å². The smallest absolute Gasteiger partial charge is 0.257 e. The van der Waals surface area contributed by atoms with Crippen LogP contribution >= 0.6 is 0 Å². The minimum Gasteiger partial charge on any atom is -0.490 e. The van der Waals surface area contributed by atoms with E-state index in [1.54, 1.807) is 12.0 Å². The lowest BCUT2D eigenvalue weighted by Gasteiger charge is -2.38. The number of para-hydroxylation sites is 2. The van der Waals surface area contributed by atoms with E-state index in [9.17, 15) is 4.79 Å². The van der Waals surface area contributed by atoms with Gasteiger partial charge in [0.15, 0.2) is 0 Å². The molecule has 1 saturated heterocycles. The molecule has 0 aliphatic carbocycles. The average Bonchev–Trinajstić information content (AvgIpc) is 3.25. The first-order valence-corrected chi connectivity index (χ1v) is 9.76. The molecule has 1 N–H and O–H groups in total. The number of amides is 1. The lowest BCUT2D eigenvalue weighted by molar-refractivity contribution is 0.0584. The summed E-state index contributed by atoms with van der Waals surface area (Å²) in [6, 6.07) is 15.5. The van der Waals surface area contributed by atoms with Crippen LogP contribution < -0.4 is 10.1 Å². The quantitative estimate of drug-likeness (QED) is 0.795. The normalized spacial score (nSPS) is 21.3. The van der Waals surface area contributed by atoms with Crippen LogP contribution in [0.3, 0.4) is 0 Å². The van der Waals surface area contributed by atoms with E-state index in [2.05, 4.69) is 5.32 Å². The summed E-state index contributed by atoms with van der Waals surface area (Å²) in [7, 11) is 1.64. The van der Waals surface area contributed by atoms with E-state index in [0.29, 0.717) is 25.3 Å². The van der Waals surface area contributed by atoms with Gasteiger partial charge in [0.05, 0.1) is 18.3 Å². The maximum Gasteiger partial charge on any atom is 0.257 e. The molecular weight excluding hydrogens is 356 g/mol. The van der Waals surface area contributed by atoms with Gasteiger partial charge in [0.25, 0.3) is 5.91 Å². The number of nitrogens with zero attached hydrogens (tertiary/aromatic N) is 1. The fraction of sp³-hybridized carbons (Fsp3) is 0.409. The lowest BCUT2D eigenvalue weighted by Crippen LogP contribution is -2.44. The van der Waals surface area contributed by atoms with E-state index >= 15 is 0 Å². The summed E-state index contributed by atoms with van der Waals surface area (Å²) in [4.78, 5) is 15.0. The predicted molar refractivity (Wildman–Crippen MR) is 107 cm³/mol. The van der Waals surface area contributed by atoms with E-state index in [1.165, 1.54) is 0 Å². The predicted octanol–water partition coefficient (Wildman–Crippen LogP) is 3.46. The van der Waals surface area contributed by atoms with Crippen molar-refractivity contribution in [3.63, 3.8) is 0 Å².